The highest BCUT2D eigenvalue weighted by atomic mass is 15.3. The third-order valence-corrected chi connectivity index (χ3v) is 3.60. The van der Waals surface area contributed by atoms with Crippen LogP contribution >= 0.6 is 0 Å². The van der Waals surface area contributed by atoms with E-state index < -0.39 is 0 Å². The van der Waals surface area contributed by atoms with Crippen molar-refractivity contribution in [3.8, 4) is 0 Å². The monoisotopic (exact) mass is 259 g/mol. The maximum absolute atomic E-state index is 4.42. The standard InChI is InChI=1S/C16H25N3/c1-13(2)7-6-11-18-16(17-3)19-12-10-14-8-4-5-9-15(14)19/h4-5,8-9,13H,6-7,10-12H2,1-3H3,(H,17,18). The van der Waals surface area contributed by atoms with Gasteiger partial charge in [0.25, 0.3) is 0 Å². The number of anilines is 1. The van der Waals surface area contributed by atoms with Crippen LogP contribution in [0.1, 0.15) is 32.3 Å². The molecule has 0 saturated heterocycles. The molecule has 0 aromatic heterocycles. The molecule has 3 heteroatoms. The summed E-state index contributed by atoms with van der Waals surface area (Å²) in [6.07, 6.45) is 3.58. The molecule has 0 spiro atoms. The molecule has 2 rings (SSSR count). The van der Waals surface area contributed by atoms with Gasteiger partial charge in [0.15, 0.2) is 5.96 Å². The van der Waals surface area contributed by atoms with Gasteiger partial charge in [0.1, 0.15) is 0 Å². The Labute approximate surface area is 116 Å². The highest BCUT2D eigenvalue weighted by Gasteiger charge is 2.21. The van der Waals surface area contributed by atoms with Gasteiger partial charge in [-0.15, -0.1) is 0 Å². The quantitative estimate of drug-likeness (QED) is 0.511. The van der Waals surface area contributed by atoms with E-state index in [4.69, 9.17) is 0 Å². The van der Waals surface area contributed by atoms with Crippen LogP contribution in [0.5, 0.6) is 0 Å². The van der Waals surface area contributed by atoms with Gasteiger partial charge in [-0.1, -0.05) is 32.0 Å². The lowest BCUT2D eigenvalue weighted by atomic mass is 10.1. The SMILES string of the molecule is CN=C(NCCCC(C)C)N1CCc2ccccc21. The Hall–Kier alpha value is -1.51. The van der Waals surface area contributed by atoms with Crippen LogP contribution in [0.25, 0.3) is 0 Å². The van der Waals surface area contributed by atoms with Gasteiger partial charge in [-0.3, -0.25) is 4.99 Å². The molecule has 0 unspecified atom stereocenters. The second-order valence-corrected chi connectivity index (χ2v) is 5.54. The number of hydrogen-bond acceptors (Lipinski definition) is 1. The van der Waals surface area contributed by atoms with E-state index in [0.29, 0.717) is 0 Å². The van der Waals surface area contributed by atoms with E-state index in [1.165, 1.54) is 24.1 Å². The normalized spacial score (nSPS) is 14.9. The Morgan fingerprint density at radius 3 is 2.89 bits per heavy atom. The molecule has 1 N–H and O–H groups in total. The van der Waals surface area contributed by atoms with Crippen molar-refractivity contribution in [1.82, 2.24) is 5.32 Å². The van der Waals surface area contributed by atoms with Crippen molar-refractivity contribution < 1.29 is 0 Å². The first kappa shape index (κ1) is 13.9. The number of para-hydroxylation sites is 1. The van der Waals surface area contributed by atoms with Crippen molar-refractivity contribution in [3.63, 3.8) is 0 Å². The van der Waals surface area contributed by atoms with Gasteiger partial charge < -0.3 is 10.2 Å². The Balaban J connectivity index is 1.93. The maximum Gasteiger partial charge on any atom is 0.198 e. The summed E-state index contributed by atoms with van der Waals surface area (Å²) in [6.45, 7) is 6.57. The van der Waals surface area contributed by atoms with E-state index in [9.17, 15) is 0 Å². The van der Waals surface area contributed by atoms with Crippen LogP contribution in [0.2, 0.25) is 0 Å². The zero-order valence-corrected chi connectivity index (χ0v) is 12.3. The average Bonchev–Trinajstić information content (AvgIpc) is 2.83. The van der Waals surface area contributed by atoms with Crippen molar-refractivity contribution in [1.29, 1.82) is 0 Å². The molecule has 0 atom stereocenters. The molecular formula is C16H25N3. The fourth-order valence-electron chi connectivity index (χ4n) is 2.56. The number of nitrogens with zero attached hydrogens (tertiary/aromatic N) is 2. The molecule has 1 heterocycles. The van der Waals surface area contributed by atoms with E-state index in [0.717, 1.165) is 31.4 Å². The van der Waals surface area contributed by atoms with Gasteiger partial charge in [0.05, 0.1) is 0 Å². The average molecular weight is 259 g/mol. The van der Waals surface area contributed by atoms with Gasteiger partial charge in [0.2, 0.25) is 0 Å². The molecule has 19 heavy (non-hydrogen) atoms. The number of benzene rings is 1. The molecule has 0 saturated carbocycles. The number of rotatable bonds is 4. The van der Waals surface area contributed by atoms with Crippen molar-refractivity contribution >= 4 is 11.6 Å². The highest BCUT2D eigenvalue weighted by Crippen LogP contribution is 2.27. The molecule has 1 aromatic carbocycles. The summed E-state index contributed by atoms with van der Waals surface area (Å²) >= 11 is 0. The number of guanidine groups is 1. The summed E-state index contributed by atoms with van der Waals surface area (Å²) in [6, 6.07) is 8.61. The zero-order chi connectivity index (χ0) is 13.7. The summed E-state index contributed by atoms with van der Waals surface area (Å²) in [5.41, 5.74) is 2.73. The zero-order valence-electron chi connectivity index (χ0n) is 12.3. The third kappa shape index (κ3) is 3.49. The summed E-state index contributed by atoms with van der Waals surface area (Å²) in [5.74, 6) is 1.78. The van der Waals surface area contributed by atoms with E-state index in [1.807, 2.05) is 7.05 Å². The first-order valence-electron chi connectivity index (χ1n) is 7.28. The van der Waals surface area contributed by atoms with E-state index in [1.54, 1.807) is 0 Å². The molecule has 0 radical (unpaired) electrons. The lowest BCUT2D eigenvalue weighted by Gasteiger charge is -2.22. The van der Waals surface area contributed by atoms with E-state index >= 15 is 0 Å². The first-order chi connectivity index (χ1) is 9.22. The molecule has 1 aliphatic rings. The molecule has 3 nitrogen and oxygen atoms in total. The van der Waals surface area contributed by atoms with E-state index in [-0.39, 0.29) is 0 Å². The summed E-state index contributed by atoms with van der Waals surface area (Å²) in [5, 5.41) is 3.48. The Morgan fingerprint density at radius 2 is 2.16 bits per heavy atom. The summed E-state index contributed by atoms with van der Waals surface area (Å²) < 4.78 is 0. The van der Waals surface area contributed by atoms with Crippen LogP contribution in [0.3, 0.4) is 0 Å². The second kappa shape index (κ2) is 6.60. The number of fused-ring (bicyclic) bond motifs is 1. The maximum atomic E-state index is 4.42. The van der Waals surface area contributed by atoms with Crippen molar-refractivity contribution in [2.45, 2.75) is 33.1 Å². The third-order valence-electron chi connectivity index (χ3n) is 3.60. The second-order valence-electron chi connectivity index (χ2n) is 5.54. The Morgan fingerprint density at radius 1 is 1.37 bits per heavy atom. The van der Waals surface area contributed by atoms with Crippen LogP contribution in [-0.2, 0) is 6.42 Å². The van der Waals surface area contributed by atoms with E-state index in [2.05, 4.69) is 53.3 Å². The van der Waals surface area contributed by atoms with Crippen molar-refractivity contribution in [3.05, 3.63) is 29.8 Å². The van der Waals surface area contributed by atoms with Gasteiger partial charge in [-0.2, -0.15) is 0 Å². The lowest BCUT2D eigenvalue weighted by molar-refractivity contribution is 0.550. The Bertz CT molecular complexity index is 437. The van der Waals surface area contributed by atoms with Crippen LogP contribution in [0.4, 0.5) is 5.69 Å². The molecule has 1 aromatic rings. The minimum absolute atomic E-state index is 0.774. The van der Waals surface area contributed by atoms with Crippen LogP contribution < -0.4 is 10.2 Å². The Kier molecular flexibility index (Phi) is 4.83. The topological polar surface area (TPSA) is 27.6 Å². The number of hydrogen-bond donors (Lipinski definition) is 1. The summed E-state index contributed by atoms with van der Waals surface area (Å²) in [7, 11) is 1.87. The van der Waals surface area contributed by atoms with Crippen LogP contribution in [0.15, 0.2) is 29.3 Å². The molecule has 0 bridgehead atoms. The minimum atomic E-state index is 0.774. The van der Waals surface area contributed by atoms with Crippen molar-refractivity contribution in [2.75, 3.05) is 25.0 Å². The highest BCUT2D eigenvalue weighted by molar-refractivity contribution is 5.97. The predicted octanol–water partition coefficient (Wildman–Crippen LogP) is 3.06. The first-order valence-corrected chi connectivity index (χ1v) is 7.28. The molecule has 0 fully saturated rings. The fourth-order valence-corrected chi connectivity index (χ4v) is 2.56. The molecule has 104 valence electrons. The van der Waals surface area contributed by atoms with Gasteiger partial charge in [0, 0.05) is 25.8 Å². The van der Waals surface area contributed by atoms with Crippen LogP contribution in [0, 0.1) is 5.92 Å². The lowest BCUT2D eigenvalue weighted by Crippen LogP contribution is -2.41. The number of nitrogens with one attached hydrogen (secondary N) is 1. The number of aliphatic imine (C=N–C) groups is 1. The molecule has 0 amide bonds. The molecule has 0 aliphatic carbocycles. The molecular weight excluding hydrogens is 234 g/mol. The smallest absolute Gasteiger partial charge is 0.198 e. The minimum Gasteiger partial charge on any atom is -0.356 e. The van der Waals surface area contributed by atoms with Gasteiger partial charge >= 0.3 is 0 Å². The van der Waals surface area contributed by atoms with Crippen molar-refractivity contribution in [2.24, 2.45) is 10.9 Å². The predicted molar refractivity (Wildman–Crippen MR) is 82.9 cm³/mol. The summed E-state index contributed by atoms with van der Waals surface area (Å²) in [4.78, 5) is 6.71. The largest absolute Gasteiger partial charge is 0.356 e. The van der Waals surface area contributed by atoms with Crippen LogP contribution in [-0.4, -0.2) is 26.1 Å². The fraction of sp³-hybridized carbons (Fsp3) is 0.562. The van der Waals surface area contributed by atoms with Gasteiger partial charge in [-0.05, 0) is 36.8 Å². The van der Waals surface area contributed by atoms with Gasteiger partial charge in [-0.25, -0.2) is 0 Å². The molecule has 1 aliphatic heterocycles.